The van der Waals surface area contributed by atoms with Crippen LogP contribution in [0.25, 0.3) is 0 Å². The van der Waals surface area contributed by atoms with E-state index in [1.807, 2.05) is 38.1 Å². The predicted octanol–water partition coefficient (Wildman–Crippen LogP) is 2.76. The van der Waals surface area contributed by atoms with Crippen LogP contribution in [0, 0.1) is 11.8 Å². The van der Waals surface area contributed by atoms with Gasteiger partial charge in [-0.25, -0.2) is 0 Å². The maximum absolute atomic E-state index is 12.1. The van der Waals surface area contributed by atoms with E-state index in [4.69, 9.17) is 5.11 Å². The Kier molecular flexibility index (Phi) is 7.10. The van der Waals surface area contributed by atoms with Gasteiger partial charge >= 0.3 is 0 Å². The summed E-state index contributed by atoms with van der Waals surface area (Å²) in [6, 6.07) is 7.99. The second-order valence-corrected chi connectivity index (χ2v) is 5.79. The number of hydrogen-bond acceptors (Lipinski definition) is 2. The number of hydrogen-bond donors (Lipinski definition) is 2. The number of halogens is 1. The number of carbonyl (C=O) groups is 1. The minimum atomic E-state index is -0.0235. The Hall–Kier alpha value is -0.870. The topological polar surface area (TPSA) is 49.3 Å². The highest BCUT2D eigenvalue weighted by atomic mass is 79.9. The van der Waals surface area contributed by atoms with Crippen molar-refractivity contribution in [2.45, 2.75) is 26.7 Å². The molecule has 0 aliphatic carbocycles. The SMILES string of the molecule is CCC(Cc1ccccc1Br)C(=O)NCC(C)CO. The van der Waals surface area contributed by atoms with Gasteiger partial charge in [-0.05, 0) is 30.4 Å². The third kappa shape index (κ3) is 5.33. The van der Waals surface area contributed by atoms with Crippen LogP contribution in [-0.4, -0.2) is 24.2 Å². The fourth-order valence-corrected chi connectivity index (χ4v) is 2.28. The Labute approximate surface area is 123 Å². The zero-order valence-corrected chi connectivity index (χ0v) is 13.1. The maximum atomic E-state index is 12.1. The quantitative estimate of drug-likeness (QED) is 0.809. The fourth-order valence-electron chi connectivity index (χ4n) is 1.84. The van der Waals surface area contributed by atoms with Crippen LogP contribution < -0.4 is 5.32 Å². The number of amides is 1. The number of carbonyl (C=O) groups excluding carboxylic acids is 1. The molecule has 2 unspecified atom stereocenters. The molecule has 0 saturated carbocycles. The highest BCUT2D eigenvalue weighted by Gasteiger charge is 2.18. The molecule has 19 heavy (non-hydrogen) atoms. The molecule has 2 N–H and O–H groups in total. The summed E-state index contributed by atoms with van der Waals surface area (Å²) < 4.78 is 1.05. The molecule has 0 aliphatic heterocycles. The van der Waals surface area contributed by atoms with E-state index in [9.17, 15) is 4.79 Å². The van der Waals surface area contributed by atoms with Crippen LogP contribution in [0.3, 0.4) is 0 Å². The van der Waals surface area contributed by atoms with E-state index < -0.39 is 0 Å². The monoisotopic (exact) mass is 327 g/mol. The first-order valence-electron chi connectivity index (χ1n) is 6.70. The molecular formula is C15H22BrNO2. The lowest BCUT2D eigenvalue weighted by Crippen LogP contribution is -2.35. The van der Waals surface area contributed by atoms with Gasteiger partial charge in [-0.1, -0.05) is 48.0 Å². The molecule has 1 amide bonds. The van der Waals surface area contributed by atoms with E-state index in [1.165, 1.54) is 0 Å². The minimum Gasteiger partial charge on any atom is -0.396 e. The molecule has 0 aromatic heterocycles. The molecule has 3 nitrogen and oxygen atoms in total. The lowest BCUT2D eigenvalue weighted by Gasteiger charge is -2.17. The molecular weight excluding hydrogens is 306 g/mol. The summed E-state index contributed by atoms with van der Waals surface area (Å²) in [6.45, 7) is 4.56. The molecule has 1 aromatic carbocycles. The minimum absolute atomic E-state index is 0.0235. The third-order valence-electron chi connectivity index (χ3n) is 3.22. The summed E-state index contributed by atoms with van der Waals surface area (Å²) in [5, 5.41) is 11.9. The van der Waals surface area contributed by atoms with Gasteiger partial charge in [0.15, 0.2) is 0 Å². The van der Waals surface area contributed by atoms with Crippen molar-refractivity contribution in [1.82, 2.24) is 5.32 Å². The summed E-state index contributed by atoms with van der Waals surface area (Å²) in [6.07, 6.45) is 1.54. The van der Waals surface area contributed by atoms with Crippen molar-refractivity contribution < 1.29 is 9.90 Å². The Balaban J connectivity index is 2.58. The molecule has 1 aromatic rings. The summed E-state index contributed by atoms with van der Waals surface area (Å²) in [4.78, 5) is 12.1. The zero-order valence-electron chi connectivity index (χ0n) is 11.5. The number of aliphatic hydroxyl groups is 1. The standard InChI is InChI=1S/C15H22BrNO2/c1-3-12(15(19)17-9-11(2)10-18)8-13-6-4-5-7-14(13)16/h4-7,11-12,18H,3,8-10H2,1-2H3,(H,17,19). The number of rotatable bonds is 7. The smallest absolute Gasteiger partial charge is 0.223 e. The van der Waals surface area contributed by atoms with Crippen molar-refractivity contribution in [1.29, 1.82) is 0 Å². The van der Waals surface area contributed by atoms with Crippen LogP contribution in [0.5, 0.6) is 0 Å². The van der Waals surface area contributed by atoms with Crippen LogP contribution in [0.15, 0.2) is 28.7 Å². The van der Waals surface area contributed by atoms with Crippen LogP contribution in [0.1, 0.15) is 25.8 Å². The van der Waals surface area contributed by atoms with E-state index in [1.54, 1.807) is 0 Å². The Bertz CT molecular complexity index is 409. The Morgan fingerprint density at radius 1 is 1.42 bits per heavy atom. The second-order valence-electron chi connectivity index (χ2n) is 4.93. The van der Waals surface area contributed by atoms with Crippen LogP contribution >= 0.6 is 15.9 Å². The normalized spacial score (nSPS) is 13.9. The summed E-state index contributed by atoms with van der Waals surface area (Å²) >= 11 is 3.51. The molecule has 1 rings (SSSR count). The zero-order chi connectivity index (χ0) is 14.3. The van der Waals surface area contributed by atoms with E-state index in [-0.39, 0.29) is 24.3 Å². The predicted molar refractivity (Wildman–Crippen MR) is 80.9 cm³/mol. The van der Waals surface area contributed by atoms with Crippen LogP contribution in [-0.2, 0) is 11.2 Å². The number of nitrogens with one attached hydrogen (secondary N) is 1. The lowest BCUT2D eigenvalue weighted by atomic mass is 9.96. The highest BCUT2D eigenvalue weighted by Crippen LogP contribution is 2.21. The van der Waals surface area contributed by atoms with Crippen molar-refractivity contribution in [2.24, 2.45) is 11.8 Å². The van der Waals surface area contributed by atoms with Gasteiger partial charge in [0.2, 0.25) is 5.91 Å². The molecule has 0 radical (unpaired) electrons. The largest absolute Gasteiger partial charge is 0.396 e. The first kappa shape index (κ1) is 16.2. The van der Waals surface area contributed by atoms with Crippen molar-refractivity contribution in [2.75, 3.05) is 13.2 Å². The maximum Gasteiger partial charge on any atom is 0.223 e. The molecule has 0 heterocycles. The summed E-state index contributed by atoms with van der Waals surface area (Å²) in [5.41, 5.74) is 1.15. The molecule has 0 bridgehead atoms. The van der Waals surface area contributed by atoms with Gasteiger partial charge in [-0.3, -0.25) is 4.79 Å². The lowest BCUT2D eigenvalue weighted by molar-refractivity contribution is -0.125. The second kappa shape index (κ2) is 8.33. The van der Waals surface area contributed by atoms with Gasteiger partial charge in [0, 0.05) is 23.5 Å². The van der Waals surface area contributed by atoms with Crippen molar-refractivity contribution >= 4 is 21.8 Å². The Morgan fingerprint density at radius 3 is 2.68 bits per heavy atom. The van der Waals surface area contributed by atoms with E-state index >= 15 is 0 Å². The van der Waals surface area contributed by atoms with Gasteiger partial charge in [0.1, 0.15) is 0 Å². The fraction of sp³-hybridized carbons (Fsp3) is 0.533. The Morgan fingerprint density at radius 2 is 2.11 bits per heavy atom. The van der Waals surface area contributed by atoms with Gasteiger partial charge < -0.3 is 10.4 Å². The van der Waals surface area contributed by atoms with Gasteiger partial charge in [0.05, 0.1) is 0 Å². The molecule has 0 saturated heterocycles. The summed E-state index contributed by atoms with van der Waals surface area (Å²) in [5.74, 6) is 0.146. The van der Waals surface area contributed by atoms with Crippen LogP contribution in [0.4, 0.5) is 0 Å². The molecule has 0 aliphatic rings. The van der Waals surface area contributed by atoms with E-state index in [0.717, 1.165) is 22.9 Å². The molecule has 0 spiro atoms. The summed E-state index contributed by atoms with van der Waals surface area (Å²) in [7, 11) is 0. The highest BCUT2D eigenvalue weighted by molar-refractivity contribution is 9.10. The number of aliphatic hydroxyl groups excluding tert-OH is 1. The average Bonchev–Trinajstić information content (AvgIpc) is 2.43. The van der Waals surface area contributed by atoms with E-state index in [0.29, 0.717) is 6.54 Å². The van der Waals surface area contributed by atoms with Gasteiger partial charge in [-0.2, -0.15) is 0 Å². The average molecular weight is 328 g/mol. The van der Waals surface area contributed by atoms with Crippen molar-refractivity contribution in [3.8, 4) is 0 Å². The van der Waals surface area contributed by atoms with Crippen LogP contribution in [0.2, 0.25) is 0 Å². The third-order valence-corrected chi connectivity index (χ3v) is 4.00. The first-order chi connectivity index (χ1) is 9.08. The van der Waals surface area contributed by atoms with Crippen molar-refractivity contribution in [3.05, 3.63) is 34.3 Å². The molecule has 2 atom stereocenters. The van der Waals surface area contributed by atoms with Crippen molar-refractivity contribution in [3.63, 3.8) is 0 Å². The van der Waals surface area contributed by atoms with Gasteiger partial charge in [0.25, 0.3) is 0 Å². The van der Waals surface area contributed by atoms with E-state index in [2.05, 4.69) is 21.2 Å². The molecule has 4 heteroatoms. The number of benzene rings is 1. The molecule has 0 fully saturated rings. The first-order valence-corrected chi connectivity index (χ1v) is 7.49. The molecule has 106 valence electrons. The van der Waals surface area contributed by atoms with Gasteiger partial charge in [-0.15, -0.1) is 0 Å².